The van der Waals surface area contributed by atoms with E-state index in [4.69, 9.17) is 4.74 Å². The first-order chi connectivity index (χ1) is 9.08. The van der Waals surface area contributed by atoms with Crippen molar-refractivity contribution in [2.45, 2.75) is 6.92 Å². The van der Waals surface area contributed by atoms with Gasteiger partial charge in [0.05, 0.1) is 12.8 Å². The maximum Gasteiger partial charge on any atom is 0.345 e. The summed E-state index contributed by atoms with van der Waals surface area (Å²) < 4.78 is 5.02. The molecule has 98 valence electrons. The number of aromatic amines is 1. The minimum absolute atomic E-state index is 0.0878. The van der Waals surface area contributed by atoms with Crippen LogP contribution in [0.15, 0.2) is 29.1 Å². The van der Waals surface area contributed by atoms with Gasteiger partial charge in [0.2, 0.25) is 0 Å². The zero-order chi connectivity index (χ0) is 13.8. The van der Waals surface area contributed by atoms with Gasteiger partial charge in [-0.1, -0.05) is 12.1 Å². The summed E-state index contributed by atoms with van der Waals surface area (Å²) in [5.41, 5.74) is 1.80. The second-order valence-electron chi connectivity index (χ2n) is 4.06. The van der Waals surface area contributed by atoms with Crippen LogP contribution < -0.4 is 10.4 Å². The maximum absolute atomic E-state index is 11.2. The third-order valence-corrected chi connectivity index (χ3v) is 2.55. The first-order valence-electron chi connectivity index (χ1n) is 5.71. The van der Waals surface area contributed by atoms with E-state index in [1.54, 1.807) is 43.3 Å². The van der Waals surface area contributed by atoms with Gasteiger partial charge in [0, 0.05) is 5.69 Å². The molecule has 0 aliphatic heterocycles. The number of nitrogens with zero attached hydrogens (tertiary/aromatic N) is 1. The number of aromatic nitrogens is 2. The molecular weight excluding hydrogens is 244 g/mol. The molecule has 0 saturated carbocycles. The lowest BCUT2D eigenvalue weighted by atomic mass is 10.1. The van der Waals surface area contributed by atoms with E-state index < -0.39 is 0 Å². The van der Waals surface area contributed by atoms with Crippen molar-refractivity contribution in [2.75, 3.05) is 7.11 Å². The number of hydrogen-bond acceptors (Lipinski definition) is 4. The fraction of sp³-hybridized carbons (Fsp3) is 0.143. The maximum atomic E-state index is 11.2. The lowest BCUT2D eigenvalue weighted by Crippen LogP contribution is -2.11. The summed E-state index contributed by atoms with van der Waals surface area (Å²) in [5, 5.41) is 9.49. The molecule has 5 nitrogen and oxygen atoms in total. The van der Waals surface area contributed by atoms with Crippen LogP contribution in [0.1, 0.15) is 17.0 Å². The lowest BCUT2D eigenvalue weighted by molar-refractivity contribution is 0.373. The molecule has 0 bridgehead atoms. The predicted molar refractivity (Wildman–Crippen MR) is 73.2 cm³/mol. The second-order valence-corrected chi connectivity index (χ2v) is 4.06. The molecule has 0 radical (unpaired) electrons. The first kappa shape index (κ1) is 12.9. The standard InChI is InChI=1S/C14H14N2O3/c1-9-7-11(16-14(18)15-9)5-3-10-4-6-12(17)13(8-10)19-2/h3-8,17H,1-2H3,(H,15,16,18)/b5-3+. The number of phenols is 1. The van der Waals surface area contributed by atoms with Crippen molar-refractivity contribution in [1.82, 2.24) is 9.97 Å². The highest BCUT2D eigenvalue weighted by molar-refractivity contribution is 5.69. The number of phenolic OH excluding ortho intramolecular Hbond substituents is 1. The Morgan fingerprint density at radius 3 is 2.79 bits per heavy atom. The SMILES string of the molecule is COc1cc(/C=C/c2cc(C)[nH]c(=O)n2)ccc1O. The van der Waals surface area contributed by atoms with Crippen molar-refractivity contribution >= 4 is 12.2 Å². The number of aromatic hydroxyl groups is 1. The van der Waals surface area contributed by atoms with Gasteiger partial charge in [-0.25, -0.2) is 4.79 Å². The van der Waals surface area contributed by atoms with Crippen LogP contribution in [0.3, 0.4) is 0 Å². The zero-order valence-corrected chi connectivity index (χ0v) is 10.7. The van der Waals surface area contributed by atoms with Crippen molar-refractivity contribution in [2.24, 2.45) is 0 Å². The molecule has 0 spiro atoms. The summed E-state index contributed by atoms with van der Waals surface area (Å²) >= 11 is 0. The molecule has 0 unspecified atom stereocenters. The van der Waals surface area contributed by atoms with Gasteiger partial charge in [-0.3, -0.25) is 0 Å². The van der Waals surface area contributed by atoms with E-state index in [9.17, 15) is 9.90 Å². The average molecular weight is 258 g/mol. The van der Waals surface area contributed by atoms with E-state index in [0.29, 0.717) is 11.4 Å². The van der Waals surface area contributed by atoms with Crippen molar-refractivity contribution in [1.29, 1.82) is 0 Å². The summed E-state index contributed by atoms with van der Waals surface area (Å²) in [6.45, 7) is 1.80. The molecule has 19 heavy (non-hydrogen) atoms. The molecule has 1 aromatic heterocycles. The molecule has 1 aromatic carbocycles. The highest BCUT2D eigenvalue weighted by Crippen LogP contribution is 2.26. The van der Waals surface area contributed by atoms with Gasteiger partial charge in [0.1, 0.15) is 0 Å². The molecule has 0 aliphatic rings. The highest BCUT2D eigenvalue weighted by atomic mass is 16.5. The van der Waals surface area contributed by atoms with Gasteiger partial charge in [-0.15, -0.1) is 0 Å². The van der Waals surface area contributed by atoms with Crippen LogP contribution in [-0.2, 0) is 0 Å². The summed E-state index contributed by atoms with van der Waals surface area (Å²) in [7, 11) is 1.49. The minimum atomic E-state index is -0.372. The monoisotopic (exact) mass is 258 g/mol. The number of aryl methyl sites for hydroxylation is 1. The normalized spacial score (nSPS) is 10.8. The van der Waals surface area contributed by atoms with E-state index in [1.807, 2.05) is 0 Å². The Morgan fingerprint density at radius 2 is 2.11 bits per heavy atom. The van der Waals surface area contributed by atoms with Crippen LogP contribution in [0.25, 0.3) is 12.2 Å². The van der Waals surface area contributed by atoms with E-state index in [2.05, 4.69) is 9.97 Å². The predicted octanol–water partition coefficient (Wildman–Crippen LogP) is 1.96. The topological polar surface area (TPSA) is 75.2 Å². The Kier molecular flexibility index (Phi) is 3.66. The third-order valence-electron chi connectivity index (χ3n) is 2.55. The molecule has 2 rings (SSSR count). The number of rotatable bonds is 3. The number of benzene rings is 1. The summed E-state index contributed by atoms with van der Waals surface area (Å²) in [5.74, 6) is 0.488. The van der Waals surface area contributed by atoms with Crippen molar-refractivity contribution in [3.8, 4) is 11.5 Å². The number of ether oxygens (including phenoxy) is 1. The molecule has 0 aliphatic carbocycles. The number of hydrogen-bond donors (Lipinski definition) is 2. The molecular formula is C14H14N2O3. The Bertz CT molecular complexity index is 675. The van der Waals surface area contributed by atoms with Crippen LogP contribution in [0, 0.1) is 6.92 Å². The smallest absolute Gasteiger partial charge is 0.345 e. The van der Waals surface area contributed by atoms with Gasteiger partial charge in [0.15, 0.2) is 11.5 Å². The van der Waals surface area contributed by atoms with Crippen LogP contribution in [0.4, 0.5) is 0 Å². The molecule has 1 heterocycles. The summed E-state index contributed by atoms with van der Waals surface area (Å²) in [4.78, 5) is 17.6. The molecule has 0 atom stereocenters. The zero-order valence-electron chi connectivity index (χ0n) is 10.7. The van der Waals surface area contributed by atoms with Gasteiger partial charge in [0.25, 0.3) is 0 Å². The van der Waals surface area contributed by atoms with Gasteiger partial charge in [-0.05, 0) is 36.8 Å². The Hall–Kier alpha value is -2.56. The molecule has 0 saturated heterocycles. The van der Waals surface area contributed by atoms with E-state index >= 15 is 0 Å². The number of methoxy groups -OCH3 is 1. The molecule has 0 amide bonds. The molecule has 2 aromatic rings. The minimum Gasteiger partial charge on any atom is -0.504 e. The molecule has 2 N–H and O–H groups in total. The molecule has 5 heteroatoms. The van der Waals surface area contributed by atoms with Crippen molar-refractivity contribution in [3.05, 3.63) is 51.7 Å². The summed E-state index contributed by atoms with van der Waals surface area (Å²) in [6, 6.07) is 6.77. The van der Waals surface area contributed by atoms with Crippen LogP contribution in [0.5, 0.6) is 11.5 Å². The van der Waals surface area contributed by atoms with Gasteiger partial charge in [-0.2, -0.15) is 4.98 Å². The fourth-order valence-corrected chi connectivity index (χ4v) is 1.67. The quantitative estimate of drug-likeness (QED) is 0.882. The third kappa shape index (κ3) is 3.22. The Balaban J connectivity index is 2.29. The number of nitrogens with one attached hydrogen (secondary N) is 1. The fourth-order valence-electron chi connectivity index (χ4n) is 1.67. The van der Waals surface area contributed by atoms with E-state index in [1.165, 1.54) is 7.11 Å². The highest BCUT2D eigenvalue weighted by Gasteiger charge is 2.00. The second kappa shape index (κ2) is 5.39. The van der Waals surface area contributed by atoms with Gasteiger partial charge < -0.3 is 14.8 Å². The largest absolute Gasteiger partial charge is 0.504 e. The van der Waals surface area contributed by atoms with E-state index in [0.717, 1.165) is 11.3 Å². The molecule has 0 fully saturated rings. The summed E-state index contributed by atoms with van der Waals surface area (Å²) in [6.07, 6.45) is 3.53. The van der Waals surface area contributed by atoms with Crippen molar-refractivity contribution in [3.63, 3.8) is 0 Å². The van der Waals surface area contributed by atoms with Crippen molar-refractivity contribution < 1.29 is 9.84 Å². The van der Waals surface area contributed by atoms with Gasteiger partial charge >= 0.3 is 5.69 Å². The van der Waals surface area contributed by atoms with Crippen LogP contribution in [-0.4, -0.2) is 22.2 Å². The first-order valence-corrected chi connectivity index (χ1v) is 5.71. The van der Waals surface area contributed by atoms with Crippen LogP contribution >= 0.6 is 0 Å². The average Bonchev–Trinajstić information content (AvgIpc) is 2.36. The Labute approximate surface area is 110 Å². The lowest BCUT2D eigenvalue weighted by Gasteiger charge is -2.03. The Morgan fingerprint density at radius 1 is 1.32 bits per heavy atom. The van der Waals surface area contributed by atoms with Crippen LogP contribution in [0.2, 0.25) is 0 Å². The van der Waals surface area contributed by atoms with E-state index in [-0.39, 0.29) is 11.4 Å². The number of H-pyrrole nitrogens is 1.